The number of hydrogen-bond donors (Lipinski definition) is 2. The zero-order valence-electron chi connectivity index (χ0n) is 35.9. The van der Waals surface area contributed by atoms with E-state index in [1.165, 1.54) is 19.3 Å². The molecule has 2 saturated heterocycles. The highest BCUT2D eigenvalue weighted by Crippen LogP contribution is 2.34. The van der Waals surface area contributed by atoms with Crippen LogP contribution in [-0.2, 0) is 47.7 Å². The highest BCUT2D eigenvalue weighted by atomic mass is 16.6. The van der Waals surface area contributed by atoms with E-state index in [-0.39, 0.29) is 60.0 Å². The molecule has 2 aliphatic rings. The third-order valence-corrected chi connectivity index (χ3v) is 10.7. The third kappa shape index (κ3) is 19.1. The monoisotopic (exact) mass is 793 g/mol. The van der Waals surface area contributed by atoms with E-state index in [0.29, 0.717) is 32.1 Å². The standard InChI is InChI=1S/C22H39NO5.C22H37NO5/c2*1-5-7-9-11-13-18-19(28-21(18)25)14-17(12-10-8-6-2)27-22(26)20(16(3)4)23-15-24/h15-20H,5-14H2,1-4H3,(H,23,24);6,8,15-20H,5,7,9-14H2,1-4H3,(H,23,24)/t17-,18-,19?,20-;17-,18-,19-,20-/m00/s1. The fourth-order valence-electron chi connectivity index (χ4n) is 7.14. The molecule has 1 unspecified atom stereocenters. The summed E-state index contributed by atoms with van der Waals surface area (Å²) in [6.07, 6.45) is 21.1. The molecule has 0 aromatic carbocycles. The summed E-state index contributed by atoms with van der Waals surface area (Å²) in [6, 6.07) is -1.32. The van der Waals surface area contributed by atoms with E-state index in [9.17, 15) is 28.8 Å². The highest BCUT2D eigenvalue weighted by Gasteiger charge is 2.44. The van der Waals surface area contributed by atoms with Gasteiger partial charge in [-0.25, -0.2) is 9.59 Å². The van der Waals surface area contributed by atoms with E-state index >= 15 is 0 Å². The number of carbonyl (C=O) groups is 6. The lowest BCUT2D eigenvalue weighted by molar-refractivity contribution is -0.191. The Hall–Kier alpha value is -3.44. The number of unbranched alkanes of at least 4 members (excludes halogenated alkanes) is 8. The van der Waals surface area contributed by atoms with Gasteiger partial charge in [0.2, 0.25) is 12.8 Å². The predicted octanol–water partition coefficient (Wildman–Crippen LogP) is 8.08. The molecular weight excluding hydrogens is 716 g/mol. The number of carbonyl (C=O) groups excluding carboxylic acids is 6. The van der Waals surface area contributed by atoms with E-state index in [4.69, 9.17) is 18.9 Å². The van der Waals surface area contributed by atoms with Gasteiger partial charge in [-0.2, -0.15) is 0 Å². The third-order valence-electron chi connectivity index (χ3n) is 10.7. The first kappa shape index (κ1) is 50.6. The number of hydrogen-bond acceptors (Lipinski definition) is 10. The van der Waals surface area contributed by atoms with Crippen LogP contribution in [0.25, 0.3) is 0 Å². The maximum atomic E-state index is 12.5. The first-order valence-electron chi connectivity index (χ1n) is 21.7. The number of ether oxygens (including phenoxy) is 4. The minimum Gasteiger partial charge on any atom is -0.461 e. The van der Waals surface area contributed by atoms with Gasteiger partial charge in [-0.05, 0) is 57.3 Å². The summed E-state index contributed by atoms with van der Waals surface area (Å²) in [5.41, 5.74) is 0. The quantitative estimate of drug-likeness (QED) is 0.0231. The van der Waals surface area contributed by atoms with Crippen molar-refractivity contribution >= 4 is 36.7 Å². The Morgan fingerprint density at radius 3 is 1.41 bits per heavy atom. The van der Waals surface area contributed by atoms with Crippen LogP contribution in [0, 0.1) is 23.7 Å². The number of cyclic esters (lactones) is 2. The van der Waals surface area contributed by atoms with Gasteiger partial charge in [0.15, 0.2) is 0 Å². The minimum atomic E-state index is -0.671. The van der Waals surface area contributed by atoms with Gasteiger partial charge in [0.05, 0.1) is 11.8 Å². The number of nitrogens with one attached hydrogen (secondary N) is 2. The fourth-order valence-corrected chi connectivity index (χ4v) is 7.14. The van der Waals surface area contributed by atoms with E-state index in [2.05, 4.69) is 31.4 Å². The van der Waals surface area contributed by atoms with Crippen molar-refractivity contribution in [1.82, 2.24) is 10.6 Å². The average Bonchev–Trinajstić information content (AvgIpc) is 3.15. The maximum absolute atomic E-state index is 12.5. The van der Waals surface area contributed by atoms with Crippen molar-refractivity contribution in [2.24, 2.45) is 23.7 Å². The Morgan fingerprint density at radius 1 is 0.643 bits per heavy atom. The van der Waals surface area contributed by atoms with Crippen LogP contribution in [0.4, 0.5) is 0 Å². The topological polar surface area (TPSA) is 163 Å². The van der Waals surface area contributed by atoms with Crippen LogP contribution >= 0.6 is 0 Å². The van der Waals surface area contributed by atoms with Gasteiger partial charge in [0.1, 0.15) is 36.5 Å². The molecule has 0 saturated carbocycles. The molecule has 12 nitrogen and oxygen atoms in total. The molecule has 56 heavy (non-hydrogen) atoms. The molecule has 0 bridgehead atoms. The molecule has 0 spiro atoms. The predicted molar refractivity (Wildman–Crippen MR) is 217 cm³/mol. The SMILES string of the molecule is CC=CCC[C@@H](C[C@@H]1OC(=O)[C@H]1CCCCCC)OC(=O)[C@@H](NC=O)C(C)C.CCCCCC[C@@H]1C(=O)OC1C[C@H](CCCCC)OC(=O)[C@@H](NC=O)C(C)C. The van der Waals surface area contributed by atoms with E-state index < -0.39 is 24.0 Å². The van der Waals surface area contributed by atoms with Gasteiger partial charge >= 0.3 is 23.9 Å². The van der Waals surface area contributed by atoms with Gasteiger partial charge < -0.3 is 29.6 Å². The zero-order valence-corrected chi connectivity index (χ0v) is 35.9. The maximum Gasteiger partial charge on any atom is 0.329 e. The molecule has 2 fully saturated rings. The first-order chi connectivity index (χ1) is 26.9. The lowest BCUT2D eigenvalue weighted by Crippen LogP contribution is -2.48. The summed E-state index contributed by atoms with van der Waals surface area (Å²) in [6.45, 7) is 15.9. The van der Waals surface area contributed by atoms with Crippen molar-refractivity contribution in [3.63, 3.8) is 0 Å². The fraction of sp³-hybridized carbons (Fsp3) is 0.818. The number of amides is 2. The largest absolute Gasteiger partial charge is 0.461 e. The van der Waals surface area contributed by atoms with Gasteiger partial charge in [-0.15, -0.1) is 0 Å². The van der Waals surface area contributed by atoms with Crippen molar-refractivity contribution in [2.75, 3.05) is 0 Å². The van der Waals surface area contributed by atoms with Gasteiger partial charge in [-0.3, -0.25) is 19.2 Å². The van der Waals surface area contributed by atoms with Crippen LogP contribution in [0.2, 0.25) is 0 Å². The summed E-state index contributed by atoms with van der Waals surface area (Å²) in [7, 11) is 0. The summed E-state index contributed by atoms with van der Waals surface area (Å²) < 4.78 is 22.2. The Morgan fingerprint density at radius 2 is 1.05 bits per heavy atom. The Balaban J connectivity index is 0.000000560. The van der Waals surface area contributed by atoms with Crippen LogP contribution in [0.3, 0.4) is 0 Å². The molecule has 2 N–H and O–H groups in total. The van der Waals surface area contributed by atoms with Crippen molar-refractivity contribution in [3.05, 3.63) is 12.2 Å². The van der Waals surface area contributed by atoms with Gasteiger partial charge in [-0.1, -0.05) is 125 Å². The molecule has 0 aromatic heterocycles. The minimum absolute atomic E-state index is 0.0539. The molecule has 8 atom stereocenters. The van der Waals surface area contributed by atoms with E-state index in [1.54, 1.807) is 0 Å². The summed E-state index contributed by atoms with van der Waals surface area (Å²) in [5, 5.41) is 5.09. The molecule has 0 aromatic rings. The summed E-state index contributed by atoms with van der Waals surface area (Å²) >= 11 is 0. The van der Waals surface area contributed by atoms with E-state index in [0.717, 1.165) is 77.0 Å². The van der Waals surface area contributed by atoms with Crippen LogP contribution < -0.4 is 10.6 Å². The Kier molecular flexibility index (Phi) is 26.9. The summed E-state index contributed by atoms with van der Waals surface area (Å²) in [5.74, 6) is -1.38. The first-order valence-corrected chi connectivity index (χ1v) is 21.7. The number of rotatable bonds is 31. The Bertz CT molecular complexity index is 1170. The zero-order chi connectivity index (χ0) is 41.9. The lowest BCUT2D eigenvalue weighted by atomic mass is 9.86. The molecule has 2 amide bonds. The van der Waals surface area contributed by atoms with Gasteiger partial charge in [0.25, 0.3) is 0 Å². The average molecular weight is 793 g/mol. The second-order valence-electron chi connectivity index (χ2n) is 16.1. The van der Waals surface area contributed by atoms with Crippen LogP contribution in [0.15, 0.2) is 12.2 Å². The second kappa shape index (κ2) is 29.8. The smallest absolute Gasteiger partial charge is 0.329 e. The molecule has 2 heterocycles. The van der Waals surface area contributed by atoms with Crippen molar-refractivity contribution < 1.29 is 47.7 Å². The van der Waals surface area contributed by atoms with Crippen molar-refractivity contribution in [3.8, 4) is 0 Å². The van der Waals surface area contributed by atoms with Gasteiger partial charge in [0, 0.05) is 12.8 Å². The summed E-state index contributed by atoms with van der Waals surface area (Å²) in [4.78, 5) is 70.4. The molecule has 322 valence electrons. The highest BCUT2D eigenvalue weighted by molar-refractivity contribution is 5.80. The normalized spacial score (nSPS) is 21.0. The molecule has 0 radical (unpaired) electrons. The lowest BCUT2D eigenvalue weighted by Gasteiger charge is -2.37. The molecular formula is C44H76N2O10. The van der Waals surface area contributed by atoms with Crippen molar-refractivity contribution in [1.29, 1.82) is 0 Å². The number of esters is 4. The molecule has 0 aliphatic carbocycles. The van der Waals surface area contributed by atoms with Crippen LogP contribution in [-0.4, -0.2) is 73.2 Å². The molecule has 12 heteroatoms. The molecule has 2 rings (SSSR count). The van der Waals surface area contributed by atoms with E-state index in [1.807, 2.05) is 46.8 Å². The van der Waals surface area contributed by atoms with Crippen LogP contribution in [0.5, 0.6) is 0 Å². The van der Waals surface area contributed by atoms with Crippen molar-refractivity contribution in [2.45, 2.75) is 207 Å². The number of allylic oxidation sites excluding steroid dienone is 2. The Labute approximate surface area is 337 Å². The van der Waals surface area contributed by atoms with Crippen LogP contribution in [0.1, 0.15) is 171 Å². The second-order valence-corrected chi connectivity index (χ2v) is 16.1. The molecule has 2 aliphatic heterocycles.